The van der Waals surface area contributed by atoms with E-state index in [1.165, 1.54) is 12.1 Å². The van der Waals surface area contributed by atoms with Crippen molar-refractivity contribution >= 4 is 28.3 Å². The summed E-state index contributed by atoms with van der Waals surface area (Å²) in [5.41, 5.74) is 11.6. The third-order valence-corrected chi connectivity index (χ3v) is 5.55. The number of amides is 1. The van der Waals surface area contributed by atoms with Crippen LogP contribution in [0, 0.1) is 12.7 Å². The van der Waals surface area contributed by atoms with E-state index in [0.29, 0.717) is 29.1 Å². The highest BCUT2D eigenvalue weighted by atomic mass is 19.1. The van der Waals surface area contributed by atoms with Crippen LogP contribution in [0.5, 0.6) is 0 Å². The molecule has 0 atom stereocenters. The molecule has 0 fully saturated rings. The summed E-state index contributed by atoms with van der Waals surface area (Å²) in [7, 11) is 0. The molecule has 3 aromatic heterocycles. The summed E-state index contributed by atoms with van der Waals surface area (Å²) in [6.45, 7) is 4.34. The van der Waals surface area contributed by atoms with Crippen molar-refractivity contribution in [3.8, 4) is 22.5 Å². The van der Waals surface area contributed by atoms with E-state index in [1.54, 1.807) is 28.9 Å². The number of hydrogen-bond donors (Lipinski definition) is 2. The number of aromatic nitrogens is 4. The minimum absolute atomic E-state index is 0.173. The van der Waals surface area contributed by atoms with Crippen molar-refractivity contribution < 1.29 is 9.18 Å². The van der Waals surface area contributed by atoms with Crippen LogP contribution in [0.15, 0.2) is 60.9 Å². The Kier molecular flexibility index (Phi) is 4.97. The molecule has 0 saturated heterocycles. The molecule has 0 unspecified atom stereocenters. The van der Waals surface area contributed by atoms with Crippen LogP contribution in [0.25, 0.3) is 39.1 Å². The summed E-state index contributed by atoms with van der Waals surface area (Å²) in [5, 5.41) is 3.75. The minimum atomic E-state index is -0.345. The molecule has 8 heteroatoms. The number of benzene rings is 2. The van der Waals surface area contributed by atoms with Crippen molar-refractivity contribution in [2.24, 2.45) is 0 Å². The highest BCUT2D eigenvalue weighted by molar-refractivity contribution is 5.95. The molecule has 0 spiro atoms. The van der Waals surface area contributed by atoms with E-state index in [1.807, 2.05) is 38.1 Å². The molecule has 3 N–H and O–H groups in total. The van der Waals surface area contributed by atoms with Crippen molar-refractivity contribution in [1.82, 2.24) is 24.7 Å². The van der Waals surface area contributed by atoms with Gasteiger partial charge in [-0.1, -0.05) is 6.07 Å². The Morgan fingerprint density at radius 1 is 1.09 bits per heavy atom. The number of rotatable bonds is 4. The zero-order chi connectivity index (χ0) is 23.1. The van der Waals surface area contributed by atoms with Gasteiger partial charge in [0.1, 0.15) is 11.5 Å². The van der Waals surface area contributed by atoms with Crippen molar-refractivity contribution in [3.63, 3.8) is 0 Å². The Labute approximate surface area is 189 Å². The molecular formula is C25H21FN6O. The van der Waals surface area contributed by atoms with Gasteiger partial charge >= 0.3 is 0 Å². The summed E-state index contributed by atoms with van der Waals surface area (Å²) >= 11 is 0. The predicted molar refractivity (Wildman–Crippen MR) is 126 cm³/mol. The fourth-order valence-corrected chi connectivity index (χ4v) is 3.95. The van der Waals surface area contributed by atoms with E-state index in [2.05, 4.69) is 20.3 Å². The Bertz CT molecular complexity index is 1520. The number of nitrogens with two attached hydrogens (primary N) is 1. The second-order valence-corrected chi connectivity index (χ2v) is 7.74. The quantitative estimate of drug-likeness (QED) is 0.432. The molecule has 164 valence electrons. The number of aryl methyl sites for hydroxylation is 1. The third kappa shape index (κ3) is 3.55. The van der Waals surface area contributed by atoms with Crippen LogP contribution in [0.1, 0.15) is 23.0 Å². The van der Waals surface area contributed by atoms with E-state index in [-0.39, 0.29) is 23.2 Å². The van der Waals surface area contributed by atoms with Gasteiger partial charge in [0.2, 0.25) is 0 Å². The topological polar surface area (TPSA) is 98.2 Å². The van der Waals surface area contributed by atoms with E-state index in [4.69, 9.17) is 5.73 Å². The summed E-state index contributed by atoms with van der Waals surface area (Å²) in [5.74, 6) is -0.469. The van der Waals surface area contributed by atoms with Gasteiger partial charge in [0, 0.05) is 35.5 Å². The van der Waals surface area contributed by atoms with E-state index >= 15 is 0 Å². The first-order valence-electron chi connectivity index (χ1n) is 10.5. The number of nitrogens with zero attached hydrogens (tertiary/aromatic N) is 4. The third-order valence-electron chi connectivity index (χ3n) is 5.55. The van der Waals surface area contributed by atoms with Gasteiger partial charge in [-0.15, -0.1) is 0 Å². The molecule has 2 aromatic carbocycles. The summed E-state index contributed by atoms with van der Waals surface area (Å²) in [6, 6.07) is 13.9. The first-order valence-corrected chi connectivity index (χ1v) is 10.5. The number of fused-ring (bicyclic) bond motifs is 2. The largest absolute Gasteiger partial charge is 0.381 e. The van der Waals surface area contributed by atoms with Crippen LogP contribution in [-0.4, -0.2) is 31.8 Å². The molecule has 0 aliphatic rings. The lowest BCUT2D eigenvalue weighted by Gasteiger charge is -2.14. The molecule has 0 saturated carbocycles. The van der Waals surface area contributed by atoms with Crippen molar-refractivity contribution in [3.05, 3.63) is 78.0 Å². The van der Waals surface area contributed by atoms with Crippen LogP contribution >= 0.6 is 0 Å². The zero-order valence-electron chi connectivity index (χ0n) is 18.1. The normalized spacial score (nSPS) is 11.2. The second kappa shape index (κ2) is 7.98. The highest BCUT2D eigenvalue weighted by Crippen LogP contribution is 2.35. The van der Waals surface area contributed by atoms with Crippen LogP contribution in [0.4, 0.5) is 10.2 Å². The number of anilines is 1. The van der Waals surface area contributed by atoms with Gasteiger partial charge < -0.3 is 11.1 Å². The van der Waals surface area contributed by atoms with Gasteiger partial charge in [-0.3, -0.25) is 14.2 Å². The van der Waals surface area contributed by atoms with E-state index in [9.17, 15) is 9.18 Å². The van der Waals surface area contributed by atoms with E-state index in [0.717, 1.165) is 22.0 Å². The summed E-state index contributed by atoms with van der Waals surface area (Å²) < 4.78 is 15.4. The van der Waals surface area contributed by atoms with Gasteiger partial charge in [0.05, 0.1) is 16.9 Å². The molecule has 5 rings (SSSR count). The monoisotopic (exact) mass is 440 g/mol. The fourth-order valence-electron chi connectivity index (χ4n) is 3.95. The van der Waals surface area contributed by atoms with Gasteiger partial charge in [-0.25, -0.2) is 14.4 Å². The van der Waals surface area contributed by atoms with Gasteiger partial charge in [0.15, 0.2) is 11.5 Å². The number of halogens is 1. The number of nitrogens with one attached hydrogen (secondary N) is 1. The van der Waals surface area contributed by atoms with Crippen molar-refractivity contribution in [1.29, 1.82) is 0 Å². The highest BCUT2D eigenvalue weighted by Gasteiger charge is 2.21. The maximum absolute atomic E-state index is 13.6. The molecule has 5 aromatic rings. The Balaban J connectivity index is 1.85. The molecule has 7 nitrogen and oxygen atoms in total. The zero-order valence-corrected chi connectivity index (χ0v) is 18.1. The maximum Gasteiger partial charge on any atom is 0.271 e. The molecule has 3 heterocycles. The fraction of sp³-hybridized carbons (Fsp3) is 0.120. The first-order chi connectivity index (χ1) is 16.0. The van der Waals surface area contributed by atoms with Crippen molar-refractivity contribution in [2.75, 3.05) is 12.3 Å². The molecule has 33 heavy (non-hydrogen) atoms. The molecule has 0 aliphatic carbocycles. The van der Waals surface area contributed by atoms with Gasteiger partial charge in [-0.05, 0) is 61.9 Å². The number of pyridine rings is 1. The number of carbonyl (C=O) groups excluding carboxylic acids is 1. The number of carbonyl (C=O) groups is 1. The molecule has 0 aliphatic heterocycles. The summed E-state index contributed by atoms with van der Waals surface area (Å²) in [4.78, 5) is 26.0. The molecule has 0 radical (unpaired) electrons. The van der Waals surface area contributed by atoms with E-state index < -0.39 is 0 Å². The lowest BCUT2D eigenvalue weighted by Crippen LogP contribution is -2.22. The Morgan fingerprint density at radius 2 is 1.85 bits per heavy atom. The van der Waals surface area contributed by atoms with Crippen molar-refractivity contribution in [2.45, 2.75) is 13.8 Å². The Morgan fingerprint density at radius 3 is 2.61 bits per heavy atom. The predicted octanol–water partition coefficient (Wildman–Crippen LogP) is 4.39. The molecular weight excluding hydrogens is 419 g/mol. The van der Waals surface area contributed by atoms with Crippen LogP contribution in [0.3, 0.4) is 0 Å². The average molecular weight is 440 g/mol. The number of nitrogen functional groups attached to an aromatic ring is 1. The lowest BCUT2D eigenvalue weighted by molar-refractivity contribution is 0.0951. The summed E-state index contributed by atoms with van der Waals surface area (Å²) in [6.07, 6.45) is 3.43. The second-order valence-electron chi connectivity index (χ2n) is 7.74. The minimum Gasteiger partial charge on any atom is -0.381 e. The SMILES string of the molecule is CCNC(=O)c1cn2c(-c3ccc4nccc(C)c4c3)c(-c3ccc(F)cc3)nc(N)c2n1. The number of hydrogen-bond acceptors (Lipinski definition) is 5. The number of imidazole rings is 1. The van der Waals surface area contributed by atoms with Gasteiger partial charge in [-0.2, -0.15) is 0 Å². The smallest absolute Gasteiger partial charge is 0.271 e. The van der Waals surface area contributed by atoms with Crippen LogP contribution < -0.4 is 11.1 Å². The standard InChI is InChI=1S/C25H21FN6O/c1-3-28-25(33)20-13-32-22(16-6-9-19-18(12-16)14(2)10-11-29-19)21(31-23(27)24(32)30-20)15-4-7-17(26)8-5-15/h4-13H,3H2,1-2H3,(H2,27,31)(H,28,33). The average Bonchev–Trinajstić information content (AvgIpc) is 3.26. The molecule has 1 amide bonds. The maximum atomic E-state index is 13.6. The van der Waals surface area contributed by atoms with Crippen LogP contribution in [-0.2, 0) is 0 Å². The molecule has 0 bridgehead atoms. The Hall–Kier alpha value is -4.33. The van der Waals surface area contributed by atoms with Gasteiger partial charge in [0.25, 0.3) is 5.91 Å². The first kappa shape index (κ1) is 20.6. The lowest BCUT2D eigenvalue weighted by atomic mass is 10.0. The van der Waals surface area contributed by atoms with Crippen LogP contribution in [0.2, 0.25) is 0 Å².